The molecule has 0 spiro atoms. The SMILES string of the molecule is O=[N+]([O-])c1ccc(C2NCCc3c2[nH]c2ccc(OCc4ccccc4)cc32)cc1. The minimum absolute atomic E-state index is 0.0179. The lowest BCUT2D eigenvalue weighted by atomic mass is 9.94. The lowest BCUT2D eigenvalue weighted by molar-refractivity contribution is -0.384. The first-order valence-corrected chi connectivity index (χ1v) is 9.98. The van der Waals surface area contributed by atoms with Gasteiger partial charge in [-0.1, -0.05) is 42.5 Å². The van der Waals surface area contributed by atoms with Crippen LogP contribution < -0.4 is 10.1 Å². The Labute approximate surface area is 173 Å². The van der Waals surface area contributed by atoms with E-state index >= 15 is 0 Å². The zero-order valence-electron chi connectivity index (χ0n) is 16.3. The molecule has 1 unspecified atom stereocenters. The van der Waals surface area contributed by atoms with E-state index in [-0.39, 0.29) is 16.7 Å². The molecule has 30 heavy (non-hydrogen) atoms. The molecule has 0 fully saturated rings. The molecule has 4 aromatic rings. The van der Waals surface area contributed by atoms with E-state index in [4.69, 9.17) is 4.74 Å². The molecule has 6 heteroatoms. The van der Waals surface area contributed by atoms with Gasteiger partial charge in [0.25, 0.3) is 5.69 Å². The first kappa shape index (κ1) is 18.4. The molecule has 0 radical (unpaired) electrons. The van der Waals surface area contributed by atoms with E-state index in [2.05, 4.69) is 34.6 Å². The summed E-state index contributed by atoms with van der Waals surface area (Å²) in [4.78, 5) is 14.1. The van der Waals surface area contributed by atoms with Crippen molar-refractivity contribution in [2.75, 3.05) is 6.54 Å². The molecule has 2 heterocycles. The Kier molecular flexibility index (Phi) is 4.69. The van der Waals surface area contributed by atoms with E-state index in [0.29, 0.717) is 6.61 Å². The number of nitrogens with one attached hydrogen (secondary N) is 2. The molecule has 3 aromatic carbocycles. The van der Waals surface area contributed by atoms with Gasteiger partial charge in [0.1, 0.15) is 12.4 Å². The summed E-state index contributed by atoms with van der Waals surface area (Å²) in [6.07, 6.45) is 0.918. The Morgan fingerprint density at radius 3 is 2.60 bits per heavy atom. The number of benzene rings is 3. The number of aromatic amines is 1. The van der Waals surface area contributed by atoms with Gasteiger partial charge in [0.2, 0.25) is 0 Å². The van der Waals surface area contributed by atoms with Gasteiger partial charge in [-0.3, -0.25) is 10.1 Å². The number of hydrogen-bond donors (Lipinski definition) is 2. The van der Waals surface area contributed by atoms with Crippen LogP contribution in [0.15, 0.2) is 72.8 Å². The number of nitro groups is 1. The van der Waals surface area contributed by atoms with Gasteiger partial charge in [-0.2, -0.15) is 0 Å². The average molecular weight is 399 g/mol. The monoisotopic (exact) mass is 399 g/mol. The Morgan fingerprint density at radius 1 is 1.03 bits per heavy atom. The van der Waals surface area contributed by atoms with Gasteiger partial charge in [0.15, 0.2) is 0 Å². The molecule has 2 N–H and O–H groups in total. The summed E-state index contributed by atoms with van der Waals surface area (Å²) in [5.74, 6) is 0.846. The zero-order chi connectivity index (χ0) is 20.5. The highest BCUT2D eigenvalue weighted by molar-refractivity contribution is 5.86. The average Bonchev–Trinajstić information content (AvgIpc) is 3.16. The maximum absolute atomic E-state index is 11.0. The molecule has 150 valence electrons. The van der Waals surface area contributed by atoms with E-state index in [1.54, 1.807) is 12.1 Å². The maximum atomic E-state index is 11.0. The van der Waals surface area contributed by atoms with Crippen molar-refractivity contribution in [1.29, 1.82) is 0 Å². The highest BCUT2D eigenvalue weighted by Crippen LogP contribution is 2.35. The van der Waals surface area contributed by atoms with Crippen LogP contribution in [0.4, 0.5) is 5.69 Å². The lowest BCUT2D eigenvalue weighted by Crippen LogP contribution is -2.30. The minimum Gasteiger partial charge on any atom is -0.489 e. The van der Waals surface area contributed by atoms with E-state index in [1.807, 2.05) is 36.4 Å². The summed E-state index contributed by atoms with van der Waals surface area (Å²) in [7, 11) is 0. The summed E-state index contributed by atoms with van der Waals surface area (Å²) in [5.41, 5.74) is 5.71. The van der Waals surface area contributed by atoms with Crippen molar-refractivity contribution in [2.24, 2.45) is 0 Å². The van der Waals surface area contributed by atoms with Gasteiger partial charge in [0, 0.05) is 35.3 Å². The second-order valence-electron chi connectivity index (χ2n) is 7.48. The van der Waals surface area contributed by atoms with Crippen molar-refractivity contribution in [3.05, 3.63) is 105 Å². The molecule has 0 bridgehead atoms. The standard InChI is InChI=1S/C24H21N3O3/c28-27(29)18-8-6-17(7-9-18)23-24-20(12-13-25-23)21-14-19(10-11-22(21)26-24)30-15-16-4-2-1-3-5-16/h1-11,14,23,25-26H,12-13,15H2. The number of hydrogen-bond acceptors (Lipinski definition) is 4. The normalized spacial score (nSPS) is 15.7. The Bertz CT molecular complexity index is 1200. The Balaban J connectivity index is 1.45. The van der Waals surface area contributed by atoms with Crippen molar-refractivity contribution >= 4 is 16.6 Å². The maximum Gasteiger partial charge on any atom is 0.269 e. The first-order chi connectivity index (χ1) is 14.7. The third-order valence-electron chi connectivity index (χ3n) is 5.61. The van der Waals surface area contributed by atoms with E-state index in [1.165, 1.54) is 10.9 Å². The second kappa shape index (κ2) is 7.65. The highest BCUT2D eigenvalue weighted by Gasteiger charge is 2.25. The van der Waals surface area contributed by atoms with Crippen LogP contribution in [0.5, 0.6) is 5.75 Å². The molecular formula is C24H21N3O3. The largest absolute Gasteiger partial charge is 0.489 e. The van der Waals surface area contributed by atoms with Crippen LogP contribution in [0.2, 0.25) is 0 Å². The molecule has 6 nitrogen and oxygen atoms in total. The Morgan fingerprint density at radius 2 is 1.83 bits per heavy atom. The molecule has 0 saturated heterocycles. The quantitative estimate of drug-likeness (QED) is 0.370. The molecule has 1 aliphatic heterocycles. The zero-order valence-corrected chi connectivity index (χ0v) is 16.3. The number of H-pyrrole nitrogens is 1. The van der Waals surface area contributed by atoms with Gasteiger partial charge >= 0.3 is 0 Å². The summed E-state index contributed by atoms with van der Waals surface area (Å²) in [6, 6.07) is 23.0. The smallest absolute Gasteiger partial charge is 0.269 e. The molecule has 0 aliphatic carbocycles. The minimum atomic E-state index is -0.372. The van der Waals surface area contributed by atoms with Crippen molar-refractivity contribution in [3.8, 4) is 5.75 Å². The highest BCUT2D eigenvalue weighted by atomic mass is 16.6. The summed E-state index contributed by atoms with van der Waals surface area (Å²) in [5, 5.41) is 15.7. The molecule has 1 aromatic heterocycles. The summed E-state index contributed by atoms with van der Waals surface area (Å²) >= 11 is 0. The molecule has 0 saturated carbocycles. The number of ether oxygens (including phenoxy) is 1. The van der Waals surface area contributed by atoms with Gasteiger partial charge in [-0.25, -0.2) is 0 Å². The third kappa shape index (κ3) is 3.42. The molecule has 1 atom stereocenters. The fourth-order valence-electron chi connectivity index (χ4n) is 4.11. The first-order valence-electron chi connectivity index (χ1n) is 9.98. The number of nitro benzene ring substituents is 1. The van der Waals surface area contributed by atoms with Crippen molar-refractivity contribution in [1.82, 2.24) is 10.3 Å². The van der Waals surface area contributed by atoms with Crippen LogP contribution in [0, 0.1) is 10.1 Å². The molecular weight excluding hydrogens is 378 g/mol. The van der Waals surface area contributed by atoms with Crippen molar-refractivity contribution < 1.29 is 9.66 Å². The van der Waals surface area contributed by atoms with Crippen LogP contribution >= 0.6 is 0 Å². The summed E-state index contributed by atoms with van der Waals surface area (Å²) < 4.78 is 6.01. The second-order valence-corrected chi connectivity index (χ2v) is 7.48. The molecule has 5 rings (SSSR count). The number of aromatic nitrogens is 1. The van der Waals surface area contributed by atoms with E-state index in [0.717, 1.165) is 41.1 Å². The topological polar surface area (TPSA) is 80.2 Å². The third-order valence-corrected chi connectivity index (χ3v) is 5.61. The van der Waals surface area contributed by atoms with E-state index in [9.17, 15) is 10.1 Å². The number of fused-ring (bicyclic) bond motifs is 3. The fourth-order valence-corrected chi connectivity index (χ4v) is 4.11. The number of non-ortho nitro benzene ring substituents is 1. The predicted molar refractivity (Wildman–Crippen MR) is 116 cm³/mol. The number of nitrogens with zero attached hydrogens (tertiary/aromatic N) is 1. The van der Waals surface area contributed by atoms with Gasteiger partial charge in [-0.15, -0.1) is 0 Å². The van der Waals surface area contributed by atoms with Gasteiger partial charge < -0.3 is 15.0 Å². The van der Waals surface area contributed by atoms with Crippen LogP contribution in [0.25, 0.3) is 10.9 Å². The van der Waals surface area contributed by atoms with E-state index < -0.39 is 0 Å². The predicted octanol–water partition coefficient (Wildman–Crippen LogP) is 4.89. The van der Waals surface area contributed by atoms with Crippen molar-refractivity contribution in [2.45, 2.75) is 19.1 Å². The molecule has 1 aliphatic rings. The van der Waals surface area contributed by atoms with Gasteiger partial charge in [0.05, 0.1) is 11.0 Å². The molecule has 0 amide bonds. The Hall–Kier alpha value is -3.64. The number of rotatable bonds is 5. The van der Waals surface area contributed by atoms with Gasteiger partial charge in [-0.05, 0) is 41.3 Å². The summed E-state index contributed by atoms with van der Waals surface area (Å²) in [6.45, 7) is 1.38. The van der Waals surface area contributed by atoms with Crippen LogP contribution in [0.1, 0.15) is 28.4 Å². The fraction of sp³-hybridized carbons (Fsp3) is 0.167. The van der Waals surface area contributed by atoms with Crippen LogP contribution in [-0.4, -0.2) is 16.5 Å². The van der Waals surface area contributed by atoms with Crippen LogP contribution in [0.3, 0.4) is 0 Å². The lowest BCUT2D eigenvalue weighted by Gasteiger charge is -2.24. The van der Waals surface area contributed by atoms with Crippen molar-refractivity contribution in [3.63, 3.8) is 0 Å². The van der Waals surface area contributed by atoms with Crippen LogP contribution in [-0.2, 0) is 13.0 Å².